The van der Waals surface area contributed by atoms with Gasteiger partial charge in [0.1, 0.15) is 23.7 Å². The Bertz CT molecular complexity index is 5420. The molecule has 14 atom stereocenters. The molecule has 6 aliphatic carbocycles. The summed E-state index contributed by atoms with van der Waals surface area (Å²) < 4.78 is 134. The van der Waals surface area contributed by atoms with E-state index in [1.54, 1.807) is 88.7 Å². The van der Waals surface area contributed by atoms with Crippen molar-refractivity contribution >= 4 is 88.7 Å². The summed E-state index contributed by atoms with van der Waals surface area (Å²) in [6.07, 6.45) is 15.5. The normalized spacial score (nSPS) is 28.6. The molecule has 2 N–H and O–H groups in total. The van der Waals surface area contributed by atoms with Crippen molar-refractivity contribution in [3.63, 3.8) is 0 Å². The first-order chi connectivity index (χ1) is 62.4. The highest BCUT2D eigenvalue weighted by molar-refractivity contribution is 7.92. The highest BCUT2D eigenvalue weighted by Crippen LogP contribution is 2.60. The van der Waals surface area contributed by atoms with Gasteiger partial charge in [-0.2, -0.15) is 0 Å². The number of nitrogens with zero attached hydrogens (tertiary/aromatic N) is 4. The van der Waals surface area contributed by atoms with Gasteiger partial charge in [-0.1, -0.05) is 65.8 Å². The third kappa shape index (κ3) is 21.6. The molecule has 26 nitrogen and oxygen atoms in total. The van der Waals surface area contributed by atoms with Gasteiger partial charge in [0.05, 0.1) is 121 Å². The number of fused-ring (bicyclic) bond motifs is 6. The molecule has 132 heavy (non-hydrogen) atoms. The van der Waals surface area contributed by atoms with E-state index in [1.807, 2.05) is 78.0 Å². The molecule has 8 fully saturated rings. The number of carbonyl (C=O) groups excluding carboxylic acids is 8. The van der Waals surface area contributed by atoms with Crippen molar-refractivity contribution in [2.24, 2.45) is 69.0 Å². The van der Waals surface area contributed by atoms with Crippen molar-refractivity contribution in [2.45, 2.75) is 270 Å². The van der Waals surface area contributed by atoms with Crippen LogP contribution < -0.4 is 37.9 Å². The van der Waals surface area contributed by atoms with Crippen LogP contribution in [0.3, 0.4) is 0 Å². The number of halogens is 2. The zero-order valence-corrected chi connectivity index (χ0v) is 80.0. The predicted molar refractivity (Wildman–Crippen MR) is 493 cm³/mol. The van der Waals surface area contributed by atoms with Crippen molar-refractivity contribution in [3.05, 3.63) is 121 Å². The smallest absolute Gasteiger partial charge is 0.306 e. The minimum Gasteiger partial charge on any atom is -0.497 e. The number of esters is 2. The molecule has 16 rings (SSSR count). The first kappa shape index (κ1) is 96.5. The number of benzene rings is 4. The number of carbonyl (C=O) groups is 8. The molecule has 30 heteroatoms. The Morgan fingerprint density at radius 2 is 0.886 bits per heavy atom. The molecule has 4 aromatic carbocycles. The van der Waals surface area contributed by atoms with Gasteiger partial charge in [-0.25, -0.2) is 35.6 Å². The number of ether oxygens (including phenoxy) is 8. The number of sulfonamides is 2. The van der Waals surface area contributed by atoms with Gasteiger partial charge in [0.15, 0.2) is 34.7 Å². The second kappa shape index (κ2) is 38.0. The van der Waals surface area contributed by atoms with Crippen LogP contribution in [0.25, 0.3) is 44.1 Å². The number of Topliss-reactive ketones (excluding diaryl/α,β-unsaturated/α-hetero) is 2. The first-order valence-electron chi connectivity index (χ1n) is 47.1. The van der Waals surface area contributed by atoms with Crippen LogP contribution >= 0.6 is 0 Å². The molecule has 10 aliphatic rings. The van der Waals surface area contributed by atoms with Gasteiger partial charge in [0.2, 0.25) is 55.4 Å². The molecule has 2 saturated heterocycles. The van der Waals surface area contributed by atoms with Gasteiger partial charge >= 0.3 is 11.9 Å². The lowest BCUT2D eigenvalue weighted by molar-refractivity contribution is -0.153. The van der Waals surface area contributed by atoms with E-state index in [0.29, 0.717) is 107 Å². The van der Waals surface area contributed by atoms with Crippen LogP contribution in [0.4, 0.5) is 8.78 Å². The molecule has 0 bridgehead atoms. The molecule has 4 aliphatic heterocycles. The Morgan fingerprint density at radius 1 is 0.508 bits per heavy atom. The van der Waals surface area contributed by atoms with Crippen LogP contribution in [0.1, 0.15) is 224 Å². The number of amides is 4. The maximum atomic E-state index is 15.4. The second-order valence-corrected chi connectivity index (χ2v) is 46.0. The number of pyridine rings is 2. The van der Waals surface area contributed by atoms with E-state index in [4.69, 9.17) is 47.9 Å². The highest BCUT2D eigenvalue weighted by Gasteiger charge is 2.65. The molecule has 0 spiro atoms. The van der Waals surface area contributed by atoms with Crippen LogP contribution in [-0.4, -0.2) is 170 Å². The molecule has 0 radical (unpaired) electrons. The Kier molecular flexibility index (Phi) is 27.8. The molecule has 6 heterocycles. The highest BCUT2D eigenvalue weighted by atomic mass is 32.2. The number of ketones is 2. The van der Waals surface area contributed by atoms with Crippen LogP contribution in [-0.2, 0) is 67.9 Å². The molecular weight excluding hydrogens is 1730 g/mol. The lowest BCUT2D eigenvalue weighted by atomic mass is 9.82. The Labute approximate surface area is 773 Å². The fraction of sp³-hybridized carbons (Fsp3) is 0.588. The number of hydrogen-bond donors (Lipinski definition) is 2. The lowest BCUT2D eigenvalue weighted by Gasteiger charge is -2.32. The SMILES string of the molecule is COc1ccc2c(O[C@@H]3C[C@H]4C(=O)C[C@]5(C(=O)NS(=O)(=O)C6(C)CC6)C[C@H]5/C=C\CC[C@@H](C)C[C@@H](C)[C@H](CC(=O)OCC5(C)CC5)C(=O)N4C3)nc(-c3ccc(OC(C)C)c(F)c3)cc2c1.COc1ccc2c(O[C@@H]3C[C@H]4C(=O)C[C@]5(C(=O)NS(=O)(=O)C6(C)CC6)C[C@H]5/C=C\CC[C@H](C)C[C@@H](C)[C@H](CC(=O)OCC5(C)CC5)C(=O)N4C3)nc(-c3ccc(OC(C)C)c(F)c3)cc2c1. The fourth-order valence-electron chi connectivity index (χ4n) is 19.3. The van der Waals surface area contributed by atoms with E-state index in [0.717, 1.165) is 38.5 Å². The van der Waals surface area contributed by atoms with E-state index in [2.05, 4.69) is 37.1 Å². The van der Waals surface area contributed by atoms with E-state index in [9.17, 15) is 45.6 Å². The molecule has 6 aromatic rings. The summed E-state index contributed by atoms with van der Waals surface area (Å²) >= 11 is 0. The van der Waals surface area contributed by atoms with Crippen molar-refractivity contribution in [2.75, 3.05) is 40.5 Å². The summed E-state index contributed by atoms with van der Waals surface area (Å²) in [5, 5.41) is 2.61. The standard InChI is InChI=1S/2C51H64FN3O10S/c2*1-30(2)64-44-15-12-33(22-40(44)52)41-23-34-21-36(62-7)13-14-38(34)46(53-41)65-37-24-42-43(56)27-51(48(59)54-66(60,61)50(6)18-19-50)26-35(51)11-9-8-10-31(3)20-32(4)39(47(58)55(42)28-37)25-45(57)63-29-49(5)16-17-49/h2*9,11-15,21-23,30-32,35,37,39,42H,8,10,16-20,24-29H2,1-7H3,(H,54,59)/b2*11-9-/t31-,32+,35+,37+,39-,42-,51+;31-,32-,35-,37-,39+,42+,51-/m01/s1. The van der Waals surface area contributed by atoms with Crippen molar-refractivity contribution in [1.82, 2.24) is 29.2 Å². The third-order valence-corrected chi connectivity index (χ3v) is 33.8. The summed E-state index contributed by atoms with van der Waals surface area (Å²) in [5.41, 5.74) is -1.02. The summed E-state index contributed by atoms with van der Waals surface area (Å²) in [6, 6.07) is 21.5. The van der Waals surface area contributed by atoms with Crippen LogP contribution in [0.15, 0.2) is 109 Å². The number of hydrogen-bond acceptors (Lipinski definition) is 22. The molecule has 6 saturated carbocycles. The summed E-state index contributed by atoms with van der Waals surface area (Å²) in [4.78, 5) is 129. The van der Waals surface area contributed by atoms with Crippen LogP contribution in [0, 0.1) is 80.6 Å². The Balaban J connectivity index is 0.000000202. The van der Waals surface area contributed by atoms with Gasteiger partial charge in [-0.05, 0) is 275 Å². The average molecular weight is 1860 g/mol. The van der Waals surface area contributed by atoms with Crippen LogP contribution in [0.2, 0.25) is 0 Å². The maximum absolute atomic E-state index is 15.4. The maximum Gasteiger partial charge on any atom is 0.306 e. The monoisotopic (exact) mass is 1860 g/mol. The summed E-state index contributed by atoms with van der Waals surface area (Å²) in [6.45, 7) is 23.3. The molecule has 0 unspecified atom stereocenters. The topological polar surface area (TPSA) is 335 Å². The third-order valence-electron chi connectivity index (χ3n) is 29.5. The van der Waals surface area contributed by atoms with Crippen molar-refractivity contribution in [3.8, 4) is 57.3 Å². The zero-order chi connectivity index (χ0) is 94.7. The molecule has 712 valence electrons. The zero-order valence-electron chi connectivity index (χ0n) is 78.4. The summed E-state index contributed by atoms with van der Waals surface area (Å²) in [5.74, 6) is -5.82. The van der Waals surface area contributed by atoms with Crippen molar-refractivity contribution in [1.29, 1.82) is 0 Å². The molecular formula is C102H128F2N6O20S2. The van der Waals surface area contributed by atoms with Gasteiger partial charge in [0.25, 0.3) is 0 Å². The number of allylic oxidation sites excluding steroid dienone is 4. The van der Waals surface area contributed by atoms with Crippen LogP contribution in [0.5, 0.6) is 34.8 Å². The number of methoxy groups -OCH3 is 2. The van der Waals surface area contributed by atoms with Gasteiger partial charge in [-0.15, -0.1) is 0 Å². The predicted octanol–water partition coefficient (Wildman–Crippen LogP) is 17.0. The number of nitrogens with one attached hydrogen (secondary N) is 2. The largest absolute Gasteiger partial charge is 0.497 e. The molecule has 4 amide bonds. The molecule has 2 aromatic heterocycles. The van der Waals surface area contributed by atoms with E-state index < -0.39 is 123 Å². The minimum atomic E-state index is -4.00. The Hall–Kier alpha value is -10.1. The van der Waals surface area contributed by atoms with E-state index in [1.165, 1.54) is 21.9 Å². The first-order valence-corrected chi connectivity index (χ1v) is 50.1. The van der Waals surface area contributed by atoms with E-state index >= 15 is 18.4 Å². The lowest BCUT2D eigenvalue weighted by Crippen LogP contribution is -2.48. The Morgan fingerprint density at radius 3 is 1.23 bits per heavy atom. The number of aromatic nitrogens is 2. The van der Waals surface area contributed by atoms with E-state index in [-0.39, 0.29) is 171 Å². The van der Waals surface area contributed by atoms with Gasteiger partial charge < -0.3 is 47.7 Å². The van der Waals surface area contributed by atoms with Gasteiger partial charge in [-0.3, -0.25) is 47.8 Å². The average Bonchev–Trinajstić information content (AvgIpc) is 1.57. The quantitative estimate of drug-likeness (QED) is 0.0376. The summed E-state index contributed by atoms with van der Waals surface area (Å²) in [7, 11) is -4.90. The van der Waals surface area contributed by atoms with Gasteiger partial charge in [0, 0.05) is 58.4 Å². The fourth-order valence-corrected chi connectivity index (χ4v) is 22.0. The minimum absolute atomic E-state index is 0.0319. The second-order valence-electron chi connectivity index (χ2n) is 41.6. The van der Waals surface area contributed by atoms with Crippen molar-refractivity contribution < 1.29 is 102 Å². The number of rotatable bonds is 26.